The van der Waals surface area contributed by atoms with E-state index >= 15 is 0 Å². The van der Waals surface area contributed by atoms with Gasteiger partial charge >= 0.3 is 5.69 Å². The Labute approximate surface area is 176 Å². The number of hydrogen-bond acceptors (Lipinski definition) is 7. The highest BCUT2D eigenvalue weighted by Gasteiger charge is 2.39. The molecule has 0 aromatic carbocycles. The lowest BCUT2D eigenvalue weighted by Crippen LogP contribution is -2.60. The number of H-pyrrole nitrogens is 1. The number of nitrogens with zero attached hydrogens (tertiary/aromatic N) is 3. The highest BCUT2D eigenvalue weighted by molar-refractivity contribution is 6.30. The second-order valence-electron chi connectivity index (χ2n) is 7.55. The van der Waals surface area contributed by atoms with E-state index in [1.807, 2.05) is 18.8 Å². The fourth-order valence-corrected chi connectivity index (χ4v) is 3.37. The molecule has 4 atom stereocenters. The molecule has 2 aromatic rings. The van der Waals surface area contributed by atoms with Gasteiger partial charge in [-0.15, -0.1) is 0 Å². The molecule has 1 saturated heterocycles. The highest BCUT2D eigenvalue weighted by atomic mass is 35.5. The summed E-state index contributed by atoms with van der Waals surface area (Å²) in [5, 5.41) is 27.6. The van der Waals surface area contributed by atoms with Crippen LogP contribution in [0.2, 0.25) is 5.02 Å². The molecule has 1 aliphatic heterocycles. The Balaban J connectivity index is 1.68. The third-order valence-electron chi connectivity index (χ3n) is 5.02. The molecule has 30 heavy (non-hydrogen) atoms. The molecule has 4 N–H and O–H groups in total. The second kappa shape index (κ2) is 8.72. The minimum absolute atomic E-state index is 0.0879. The maximum Gasteiger partial charge on any atom is 0.328 e. The number of carbonyl (C=O) groups is 1. The van der Waals surface area contributed by atoms with Crippen LogP contribution in [0.15, 0.2) is 21.9 Å². The number of hydrogen-bond donors (Lipinski definition) is 4. The predicted octanol–water partition coefficient (Wildman–Crippen LogP) is -1.03. The number of ether oxygens (including phenoxy) is 1. The fourth-order valence-electron chi connectivity index (χ4n) is 3.21. The minimum Gasteiger partial charge on any atom is -0.388 e. The molecule has 3 rings (SSSR count). The summed E-state index contributed by atoms with van der Waals surface area (Å²) in [5.41, 5.74) is -0.367. The molecule has 0 spiro atoms. The van der Waals surface area contributed by atoms with E-state index in [0.29, 0.717) is 5.69 Å². The van der Waals surface area contributed by atoms with E-state index in [0.717, 1.165) is 16.5 Å². The van der Waals surface area contributed by atoms with E-state index < -0.39 is 41.5 Å². The number of aliphatic hydroxyl groups excluding tert-OH is 2. The first kappa shape index (κ1) is 22.2. The molecule has 11 nitrogen and oxygen atoms in total. The van der Waals surface area contributed by atoms with E-state index in [1.54, 1.807) is 13.1 Å². The summed E-state index contributed by atoms with van der Waals surface area (Å²) in [6, 6.07) is 0.804. The Morgan fingerprint density at radius 1 is 1.40 bits per heavy atom. The second-order valence-corrected chi connectivity index (χ2v) is 7.96. The van der Waals surface area contributed by atoms with Gasteiger partial charge in [-0.1, -0.05) is 25.4 Å². The van der Waals surface area contributed by atoms with Crippen LogP contribution in [0.25, 0.3) is 0 Å². The predicted molar refractivity (Wildman–Crippen MR) is 107 cm³/mol. The van der Waals surface area contributed by atoms with Crippen molar-refractivity contribution >= 4 is 17.5 Å². The first-order valence-electron chi connectivity index (χ1n) is 9.40. The maximum atomic E-state index is 12.6. The van der Waals surface area contributed by atoms with Gasteiger partial charge in [0, 0.05) is 13.2 Å². The summed E-state index contributed by atoms with van der Waals surface area (Å²) in [6.45, 7) is 3.68. The molecule has 2 aromatic heterocycles. The van der Waals surface area contributed by atoms with Gasteiger partial charge in [0.05, 0.1) is 24.9 Å². The van der Waals surface area contributed by atoms with Crippen molar-refractivity contribution in [2.45, 2.75) is 50.7 Å². The highest BCUT2D eigenvalue weighted by Crippen LogP contribution is 2.19. The molecule has 164 valence electrons. The van der Waals surface area contributed by atoms with Crippen LogP contribution in [0.5, 0.6) is 0 Å². The molecule has 0 bridgehead atoms. The van der Waals surface area contributed by atoms with Crippen LogP contribution >= 0.6 is 11.6 Å². The zero-order chi connectivity index (χ0) is 22.2. The Kier molecular flexibility index (Phi) is 6.46. The van der Waals surface area contributed by atoms with E-state index in [1.165, 1.54) is 4.68 Å². The van der Waals surface area contributed by atoms with E-state index in [-0.39, 0.29) is 24.1 Å². The van der Waals surface area contributed by atoms with E-state index in [4.69, 9.17) is 16.3 Å². The largest absolute Gasteiger partial charge is 0.388 e. The van der Waals surface area contributed by atoms with Crippen molar-refractivity contribution in [2.24, 2.45) is 7.05 Å². The number of nitrogens with one attached hydrogen (secondary N) is 2. The normalized spacial score (nSPS) is 24.2. The maximum absolute atomic E-state index is 12.6. The molecule has 1 aliphatic rings. The summed E-state index contributed by atoms with van der Waals surface area (Å²) >= 11 is 5.73. The first-order valence-corrected chi connectivity index (χ1v) is 9.78. The van der Waals surface area contributed by atoms with E-state index in [2.05, 4.69) is 10.4 Å². The standard InChI is InChI=1S/C18H24ClN5O6/c1-8(2)10-4-12(23(3)22-10)17(28)20-11-7-30-13(15(26)14(11)25)6-24-5-9(19)16(27)21-18(24)29/h4-5,8,11,13-15,25-26H,6-7H2,1-3H3,(H,20,28)(H,21,27,29)/t11-,13-,14+,15-/m1/s1. The molecular weight excluding hydrogens is 418 g/mol. The van der Waals surface area contributed by atoms with Gasteiger partial charge < -0.3 is 20.3 Å². The quantitative estimate of drug-likeness (QED) is 0.462. The van der Waals surface area contributed by atoms with Gasteiger partial charge in [0.25, 0.3) is 11.5 Å². The molecule has 1 amide bonds. The third-order valence-corrected chi connectivity index (χ3v) is 5.29. The Morgan fingerprint density at radius 3 is 2.73 bits per heavy atom. The lowest BCUT2D eigenvalue weighted by molar-refractivity contribution is -0.152. The van der Waals surface area contributed by atoms with Crippen LogP contribution in [-0.4, -0.2) is 66.4 Å². The van der Waals surface area contributed by atoms with Crippen molar-refractivity contribution in [3.05, 3.63) is 49.5 Å². The van der Waals surface area contributed by atoms with Gasteiger partial charge in [-0.25, -0.2) is 4.79 Å². The number of amides is 1. The Bertz CT molecular complexity index is 1040. The monoisotopic (exact) mass is 441 g/mol. The number of aliphatic hydroxyl groups is 2. The first-order chi connectivity index (χ1) is 14.1. The van der Waals surface area contributed by atoms with Gasteiger partial charge in [-0.2, -0.15) is 5.10 Å². The van der Waals surface area contributed by atoms with Crippen molar-refractivity contribution in [1.29, 1.82) is 0 Å². The molecule has 1 fully saturated rings. The summed E-state index contributed by atoms with van der Waals surface area (Å²) in [5.74, 6) is -0.312. The van der Waals surface area contributed by atoms with Gasteiger partial charge in [-0.3, -0.25) is 23.8 Å². The zero-order valence-electron chi connectivity index (χ0n) is 16.7. The average Bonchev–Trinajstić information content (AvgIpc) is 3.07. The number of aromatic amines is 1. The van der Waals surface area contributed by atoms with Crippen LogP contribution in [-0.2, 0) is 18.3 Å². The van der Waals surface area contributed by atoms with Gasteiger partial charge in [0.2, 0.25) is 0 Å². The van der Waals surface area contributed by atoms with Crippen LogP contribution in [0.1, 0.15) is 35.9 Å². The number of aromatic nitrogens is 4. The minimum atomic E-state index is -1.39. The molecule has 0 radical (unpaired) electrons. The van der Waals surface area contributed by atoms with Crippen LogP contribution in [0.4, 0.5) is 0 Å². The summed E-state index contributed by atoms with van der Waals surface area (Å²) < 4.78 is 8.10. The van der Waals surface area contributed by atoms with E-state index in [9.17, 15) is 24.6 Å². The molecule has 0 saturated carbocycles. The van der Waals surface area contributed by atoms with Crippen molar-refractivity contribution < 1.29 is 19.7 Å². The molecule has 0 unspecified atom stereocenters. The topological polar surface area (TPSA) is 151 Å². The number of carbonyl (C=O) groups excluding carboxylic acids is 1. The van der Waals surface area contributed by atoms with Crippen molar-refractivity contribution in [3.8, 4) is 0 Å². The Morgan fingerprint density at radius 2 is 2.10 bits per heavy atom. The van der Waals surface area contributed by atoms with Gasteiger partial charge in [-0.05, 0) is 12.0 Å². The SMILES string of the molecule is CC(C)c1cc(C(=O)N[C@@H]2CO[C@H](Cn3cc(Cl)c(=O)[nH]c3=O)[C@@H](O)[C@H]2O)n(C)n1. The lowest BCUT2D eigenvalue weighted by Gasteiger charge is -2.38. The zero-order valence-corrected chi connectivity index (χ0v) is 17.5. The molecule has 0 aliphatic carbocycles. The lowest BCUT2D eigenvalue weighted by atomic mass is 9.97. The number of rotatable bonds is 5. The molecular formula is C18H24ClN5O6. The van der Waals surface area contributed by atoms with Gasteiger partial charge in [0.1, 0.15) is 29.0 Å². The Hall–Kier alpha value is -2.47. The summed E-state index contributed by atoms with van der Waals surface area (Å²) in [7, 11) is 1.65. The summed E-state index contributed by atoms with van der Waals surface area (Å²) in [4.78, 5) is 37.9. The molecule has 12 heteroatoms. The number of aryl methyl sites for hydroxylation is 1. The average molecular weight is 442 g/mol. The smallest absolute Gasteiger partial charge is 0.328 e. The van der Waals surface area contributed by atoms with Crippen LogP contribution < -0.4 is 16.6 Å². The van der Waals surface area contributed by atoms with Crippen LogP contribution in [0, 0.1) is 0 Å². The summed E-state index contributed by atoms with van der Waals surface area (Å²) in [6.07, 6.45) is -2.54. The molecule has 3 heterocycles. The van der Waals surface area contributed by atoms with Crippen molar-refractivity contribution in [2.75, 3.05) is 6.61 Å². The van der Waals surface area contributed by atoms with Crippen molar-refractivity contribution in [1.82, 2.24) is 24.6 Å². The van der Waals surface area contributed by atoms with Gasteiger partial charge in [0.15, 0.2) is 0 Å². The van der Waals surface area contributed by atoms with Crippen molar-refractivity contribution in [3.63, 3.8) is 0 Å². The fraction of sp³-hybridized carbons (Fsp3) is 0.556. The number of halogens is 1. The van der Waals surface area contributed by atoms with Crippen LogP contribution in [0.3, 0.4) is 0 Å². The third kappa shape index (κ3) is 4.48.